The van der Waals surface area contributed by atoms with E-state index in [1.807, 2.05) is 67.2 Å². The van der Waals surface area contributed by atoms with E-state index >= 15 is 0 Å². The van der Waals surface area contributed by atoms with Crippen molar-refractivity contribution >= 4 is 45.7 Å². The molecular formula is C45H52N12O6. The number of fused-ring (bicyclic) bond motifs is 2. The van der Waals surface area contributed by atoms with Crippen molar-refractivity contribution in [2.24, 2.45) is 35.5 Å². The zero-order chi connectivity index (χ0) is 45.1. The minimum Gasteiger partial charge on any atom is -0.497 e. The van der Waals surface area contributed by atoms with Crippen LogP contribution in [0.25, 0.3) is 22.1 Å². The lowest BCUT2D eigenvalue weighted by Gasteiger charge is -2.13. The second-order valence-electron chi connectivity index (χ2n) is 15.3. The van der Waals surface area contributed by atoms with Crippen LogP contribution in [0, 0.1) is 13.8 Å². The molecule has 4 amide bonds. The lowest BCUT2D eigenvalue weighted by atomic mass is 10.1. The molecule has 4 N–H and O–H groups in total. The van der Waals surface area contributed by atoms with Crippen LogP contribution < -0.4 is 32.2 Å². The average Bonchev–Trinajstić information content (AvgIpc) is 4.00. The van der Waals surface area contributed by atoms with E-state index in [4.69, 9.17) is 20.9 Å². The van der Waals surface area contributed by atoms with Crippen molar-refractivity contribution in [2.75, 3.05) is 7.11 Å². The Balaban J connectivity index is 1.25. The van der Waals surface area contributed by atoms with Crippen molar-refractivity contribution in [2.45, 2.75) is 79.7 Å². The predicted molar refractivity (Wildman–Crippen MR) is 235 cm³/mol. The monoisotopic (exact) mass is 856 g/mol. The van der Waals surface area contributed by atoms with E-state index in [0.717, 1.165) is 11.1 Å². The molecule has 7 aromatic rings. The quantitative estimate of drug-likeness (QED) is 0.132. The van der Waals surface area contributed by atoms with Crippen molar-refractivity contribution in [1.82, 2.24) is 37.8 Å². The summed E-state index contributed by atoms with van der Waals surface area (Å²) in [6, 6.07) is 19.4. The fourth-order valence-electron chi connectivity index (χ4n) is 7.85. The standard InChI is InChI=1S/C45H52N12O6/c1-8-56-36(21-27(3)50-56)42(60)48-44-52(5)34-23-30(40(46)58)15-18-33(34)54(44)19-11-10-12-20-55-39-35(53(6)45(55)49-43(61)37-22-28(4)51-57(37)9-2)24-31(41(47)59)25-38(39)63-26-29-13-16-32(62-7)17-14-29/h13-18,21-25H,8-12,19-20,26H2,1-7H3,(H2,46,58)(H2,47,59). The highest BCUT2D eigenvalue weighted by Crippen LogP contribution is 2.29. The van der Waals surface area contributed by atoms with Crippen molar-refractivity contribution in [3.63, 3.8) is 0 Å². The lowest BCUT2D eigenvalue weighted by Crippen LogP contribution is -2.27. The Kier molecular flexibility index (Phi) is 12.6. The number of unbranched alkanes of at least 4 members (excludes halogenated alkanes) is 2. The fourth-order valence-corrected chi connectivity index (χ4v) is 7.85. The van der Waals surface area contributed by atoms with Gasteiger partial charge in [0, 0.05) is 51.4 Å². The van der Waals surface area contributed by atoms with E-state index in [-0.39, 0.29) is 12.2 Å². The number of carbonyl (C=O) groups excluding carboxylic acids is 4. The van der Waals surface area contributed by atoms with Crippen LogP contribution in [-0.4, -0.2) is 68.6 Å². The molecule has 0 aliphatic rings. The zero-order valence-electron chi connectivity index (χ0n) is 36.6. The number of aryl methyl sites for hydroxylation is 8. The van der Waals surface area contributed by atoms with E-state index in [1.54, 1.807) is 76.1 Å². The first kappa shape index (κ1) is 43.6. The maximum absolute atomic E-state index is 13.9. The Morgan fingerprint density at radius 2 is 1.19 bits per heavy atom. The maximum atomic E-state index is 13.9. The Morgan fingerprint density at radius 3 is 1.75 bits per heavy atom. The van der Waals surface area contributed by atoms with Crippen LogP contribution in [0.2, 0.25) is 0 Å². The molecule has 0 saturated heterocycles. The molecule has 3 aromatic carbocycles. The molecule has 0 aliphatic heterocycles. The molecule has 0 radical (unpaired) electrons. The van der Waals surface area contributed by atoms with Crippen LogP contribution >= 0.6 is 0 Å². The van der Waals surface area contributed by atoms with E-state index in [0.29, 0.717) is 113 Å². The summed E-state index contributed by atoms with van der Waals surface area (Å²) in [5.74, 6) is -1.00. The number of hydrogen-bond acceptors (Lipinski definition) is 8. The average molecular weight is 857 g/mol. The number of imidazole rings is 2. The van der Waals surface area contributed by atoms with Gasteiger partial charge < -0.3 is 39.2 Å². The third-order valence-corrected chi connectivity index (χ3v) is 11.0. The molecular weight excluding hydrogens is 805 g/mol. The normalized spacial score (nSPS) is 12.2. The molecule has 18 heteroatoms. The van der Waals surface area contributed by atoms with Gasteiger partial charge in [-0.25, -0.2) is 0 Å². The van der Waals surface area contributed by atoms with Gasteiger partial charge >= 0.3 is 0 Å². The van der Waals surface area contributed by atoms with Crippen LogP contribution in [0.15, 0.2) is 76.7 Å². The van der Waals surface area contributed by atoms with Crippen molar-refractivity contribution < 1.29 is 28.7 Å². The molecule has 0 fully saturated rings. The molecule has 328 valence electrons. The smallest absolute Gasteiger partial charge is 0.298 e. The Hall–Kier alpha value is -7.50. The summed E-state index contributed by atoms with van der Waals surface area (Å²) in [6.07, 6.45) is 2.01. The van der Waals surface area contributed by atoms with Gasteiger partial charge in [-0.05, 0) is 107 Å². The summed E-state index contributed by atoms with van der Waals surface area (Å²) >= 11 is 0. The lowest BCUT2D eigenvalue weighted by molar-refractivity contribution is 0.0977. The van der Waals surface area contributed by atoms with E-state index in [9.17, 15) is 19.2 Å². The number of nitrogens with two attached hydrogens (primary N) is 2. The summed E-state index contributed by atoms with van der Waals surface area (Å²) < 4.78 is 22.5. The summed E-state index contributed by atoms with van der Waals surface area (Å²) in [7, 11) is 5.19. The predicted octanol–water partition coefficient (Wildman–Crippen LogP) is 4.46. The van der Waals surface area contributed by atoms with Gasteiger partial charge in [-0.2, -0.15) is 20.2 Å². The molecule has 0 aliphatic carbocycles. The molecule has 63 heavy (non-hydrogen) atoms. The van der Waals surface area contributed by atoms with Gasteiger partial charge in [-0.15, -0.1) is 0 Å². The van der Waals surface area contributed by atoms with Crippen LogP contribution in [0.5, 0.6) is 11.5 Å². The van der Waals surface area contributed by atoms with Gasteiger partial charge in [0.15, 0.2) is 0 Å². The second-order valence-corrected chi connectivity index (χ2v) is 15.3. The summed E-state index contributed by atoms with van der Waals surface area (Å²) in [5, 5.41) is 8.88. The third-order valence-electron chi connectivity index (χ3n) is 11.0. The Bertz CT molecular complexity index is 3050. The highest BCUT2D eigenvalue weighted by molar-refractivity contribution is 5.99. The molecule has 0 spiro atoms. The van der Waals surface area contributed by atoms with E-state index < -0.39 is 23.6 Å². The minimum atomic E-state index is -0.633. The third kappa shape index (κ3) is 8.82. The Morgan fingerprint density at radius 1 is 0.651 bits per heavy atom. The van der Waals surface area contributed by atoms with Crippen molar-refractivity contribution in [3.8, 4) is 11.5 Å². The number of hydrogen-bond donors (Lipinski definition) is 2. The maximum Gasteiger partial charge on any atom is 0.298 e. The molecule has 0 bridgehead atoms. The molecule has 4 aromatic heterocycles. The number of carbonyl (C=O) groups is 4. The van der Waals surface area contributed by atoms with E-state index in [1.165, 1.54) is 0 Å². The van der Waals surface area contributed by atoms with Crippen LogP contribution in [0.3, 0.4) is 0 Å². The van der Waals surface area contributed by atoms with Gasteiger partial charge in [0.05, 0.1) is 35.0 Å². The number of benzene rings is 3. The van der Waals surface area contributed by atoms with Crippen LogP contribution in [0.4, 0.5) is 0 Å². The molecule has 7 rings (SSSR count). The number of primary amides is 2. The summed E-state index contributed by atoms with van der Waals surface area (Å²) in [5.41, 5.74) is 18.5. The number of rotatable bonds is 16. The number of aromatic nitrogens is 8. The van der Waals surface area contributed by atoms with Gasteiger partial charge in [0.2, 0.25) is 23.1 Å². The summed E-state index contributed by atoms with van der Waals surface area (Å²) in [4.78, 5) is 61.7. The van der Waals surface area contributed by atoms with Gasteiger partial charge in [0.1, 0.15) is 35.0 Å². The molecule has 4 heterocycles. The van der Waals surface area contributed by atoms with Crippen LogP contribution in [0.1, 0.15) is 91.8 Å². The van der Waals surface area contributed by atoms with Gasteiger partial charge in [-0.1, -0.05) is 12.1 Å². The first-order chi connectivity index (χ1) is 30.2. The number of amides is 4. The molecule has 0 unspecified atom stereocenters. The SMILES string of the molecule is CCn1nc(C)cc1C(=O)N=c1n(C)c2cc(C(N)=O)ccc2n1CCCCCn1c(=NC(=O)c2cc(C)nn2CC)n(C)c2cc(C(N)=O)cc(OCc3ccc(OC)cc3)c21. The Labute approximate surface area is 362 Å². The zero-order valence-corrected chi connectivity index (χ0v) is 36.6. The van der Waals surface area contributed by atoms with Gasteiger partial charge in [-0.3, -0.25) is 28.5 Å². The van der Waals surface area contributed by atoms with E-state index in [2.05, 4.69) is 20.2 Å². The second kappa shape index (κ2) is 18.2. The summed E-state index contributed by atoms with van der Waals surface area (Å²) in [6.45, 7) is 9.54. The highest BCUT2D eigenvalue weighted by Gasteiger charge is 2.21. The topological polar surface area (TPSA) is 219 Å². The first-order valence-electron chi connectivity index (χ1n) is 20.8. The highest BCUT2D eigenvalue weighted by atomic mass is 16.5. The number of ether oxygens (including phenoxy) is 2. The van der Waals surface area contributed by atoms with Crippen molar-refractivity contribution in [1.29, 1.82) is 0 Å². The minimum absolute atomic E-state index is 0.177. The molecule has 18 nitrogen and oxygen atoms in total. The molecule has 0 saturated carbocycles. The fraction of sp³-hybridized carbons (Fsp3) is 0.333. The number of methoxy groups -OCH3 is 1. The van der Waals surface area contributed by atoms with Crippen LogP contribution in [-0.2, 0) is 46.9 Å². The molecule has 0 atom stereocenters. The number of nitrogens with zero attached hydrogens (tertiary/aromatic N) is 10. The first-order valence-corrected chi connectivity index (χ1v) is 20.8. The van der Waals surface area contributed by atoms with Crippen molar-refractivity contribution in [3.05, 3.63) is 117 Å². The largest absolute Gasteiger partial charge is 0.497 e. The van der Waals surface area contributed by atoms with Gasteiger partial charge in [0.25, 0.3) is 11.8 Å².